The average Bonchev–Trinajstić information content (AvgIpc) is 2.94. The van der Waals surface area contributed by atoms with E-state index in [4.69, 9.17) is 14.2 Å². The maximum Gasteiger partial charge on any atom is 0.313 e. The van der Waals surface area contributed by atoms with Gasteiger partial charge in [0, 0.05) is 44.7 Å². The minimum absolute atomic E-state index is 0.172. The lowest BCUT2D eigenvalue weighted by atomic mass is 9.96. The smallest absolute Gasteiger partial charge is 0.313 e. The van der Waals surface area contributed by atoms with Crippen molar-refractivity contribution in [2.45, 2.75) is 120 Å². The Morgan fingerprint density at radius 3 is 1.77 bits per heavy atom. The van der Waals surface area contributed by atoms with Gasteiger partial charge in [0.25, 0.3) is 0 Å². The predicted octanol–water partition coefficient (Wildman–Crippen LogP) is 5.20. The molecule has 0 aromatic rings. The molecule has 1 atom stereocenters. The molecule has 10 nitrogen and oxygen atoms in total. The fourth-order valence-corrected chi connectivity index (χ4v) is 3.53. The number of hydrogen-bond donors (Lipinski definition) is 2. The molecule has 0 aliphatic rings. The van der Waals surface area contributed by atoms with Gasteiger partial charge in [0.2, 0.25) is 6.79 Å². The van der Waals surface area contributed by atoms with E-state index in [1.807, 2.05) is 34.6 Å². The Bertz CT molecular complexity index is 635. The highest BCUT2D eigenvalue weighted by atomic mass is 16.7. The van der Waals surface area contributed by atoms with E-state index >= 15 is 0 Å². The third kappa shape index (κ3) is 36.9. The van der Waals surface area contributed by atoms with Crippen molar-refractivity contribution in [2.75, 3.05) is 80.0 Å². The van der Waals surface area contributed by atoms with Gasteiger partial charge < -0.3 is 39.4 Å². The first kappa shape index (κ1) is 47.1. The minimum atomic E-state index is -0.459. The summed E-state index contributed by atoms with van der Waals surface area (Å²) in [5.74, 6) is -0.854. The van der Waals surface area contributed by atoms with Crippen LogP contribution in [0.5, 0.6) is 0 Å². The van der Waals surface area contributed by atoms with Crippen LogP contribution >= 0.6 is 0 Å². The molecule has 0 aromatic heterocycles. The zero-order valence-corrected chi connectivity index (χ0v) is 31.1. The van der Waals surface area contributed by atoms with Crippen molar-refractivity contribution in [3.8, 4) is 0 Å². The summed E-state index contributed by atoms with van der Waals surface area (Å²) < 4.78 is 19.9. The minimum Gasteiger partial charge on any atom is -0.428 e. The van der Waals surface area contributed by atoms with Crippen LogP contribution in [-0.4, -0.2) is 120 Å². The van der Waals surface area contributed by atoms with Crippen molar-refractivity contribution >= 4 is 11.9 Å². The highest BCUT2D eigenvalue weighted by molar-refractivity contribution is 5.73. The molecule has 1 unspecified atom stereocenters. The van der Waals surface area contributed by atoms with Gasteiger partial charge in [0.15, 0.2) is 0 Å². The zero-order valence-electron chi connectivity index (χ0n) is 31.1. The number of ether oxygens (including phenoxy) is 4. The van der Waals surface area contributed by atoms with Crippen molar-refractivity contribution in [3.63, 3.8) is 0 Å². The normalized spacial score (nSPS) is 12.0. The van der Waals surface area contributed by atoms with Crippen molar-refractivity contribution in [1.82, 2.24) is 20.4 Å². The van der Waals surface area contributed by atoms with Gasteiger partial charge in [-0.2, -0.15) is 0 Å². The number of carbonyl (C=O) groups excluding carboxylic acids is 2. The lowest BCUT2D eigenvalue weighted by Gasteiger charge is -2.20. The number of unbranched alkanes of at least 4 members (excludes halogenated alkanes) is 3. The molecule has 0 saturated heterocycles. The van der Waals surface area contributed by atoms with Crippen LogP contribution in [0.15, 0.2) is 0 Å². The average molecular weight is 635 g/mol. The predicted molar refractivity (Wildman–Crippen MR) is 184 cm³/mol. The quantitative estimate of drug-likeness (QED) is 0.0838. The van der Waals surface area contributed by atoms with E-state index in [0.717, 1.165) is 19.8 Å². The molecule has 10 heteroatoms. The van der Waals surface area contributed by atoms with Gasteiger partial charge >= 0.3 is 11.9 Å². The number of hydrogen-bond acceptors (Lipinski definition) is 10. The first-order valence-electron chi connectivity index (χ1n) is 17.0. The summed E-state index contributed by atoms with van der Waals surface area (Å²) in [6.45, 7) is 30.0. The maximum atomic E-state index is 11.7. The molecule has 2 N–H and O–H groups in total. The summed E-state index contributed by atoms with van der Waals surface area (Å²) in [4.78, 5) is 27.1. The van der Waals surface area contributed by atoms with Crippen LogP contribution in [0.1, 0.15) is 102 Å². The molecule has 0 aromatic carbocycles. The van der Waals surface area contributed by atoms with Crippen molar-refractivity contribution < 1.29 is 28.5 Å². The second-order valence-corrected chi connectivity index (χ2v) is 12.4. The van der Waals surface area contributed by atoms with Crippen molar-refractivity contribution in [2.24, 2.45) is 11.8 Å². The van der Waals surface area contributed by atoms with Crippen molar-refractivity contribution in [3.05, 3.63) is 0 Å². The summed E-state index contributed by atoms with van der Waals surface area (Å²) >= 11 is 0. The molecule has 0 heterocycles. The van der Waals surface area contributed by atoms with E-state index in [-0.39, 0.29) is 24.6 Å². The second-order valence-electron chi connectivity index (χ2n) is 12.4. The standard InChI is InChI=1S/C13H30N2.C12H23NO4.C9H21NO2/c1-6-14(4)11-9-7-8-10-12-15(5)13(2)3;1-8(2)11(6-13-9(3)4)12(15)17-7-16-10(5)14;1-4-11-7-8-12-6-5-10-9(2)3/h13H,6-12H2,1-5H3;8-9,11,13H,6-7H2,1-5H3;9-10H,4-8H2,1-3H3. The highest BCUT2D eigenvalue weighted by Gasteiger charge is 2.23. The van der Waals surface area contributed by atoms with Crippen LogP contribution in [0, 0.1) is 11.8 Å². The maximum absolute atomic E-state index is 11.7. The summed E-state index contributed by atoms with van der Waals surface area (Å²) in [6, 6.07) is 1.55. The first-order chi connectivity index (χ1) is 20.7. The Morgan fingerprint density at radius 1 is 0.727 bits per heavy atom. The molecular formula is C34H74N4O6. The van der Waals surface area contributed by atoms with Crippen LogP contribution in [0.4, 0.5) is 0 Å². The molecule has 0 saturated carbocycles. The summed E-state index contributed by atoms with van der Waals surface area (Å²) in [5.41, 5.74) is 0. The van der Waals surface area contributed by atoms with Crippen LogP contribution in [-0.2, 0) is 28.5 Å². The number of carbonyl (C=O) groups is 2. The van der Waals surface area contributed by atoms with Gasteiger partial charge in [-0.15, -0.1) is 0 Å². The Kier molecular flexibility index (Phi) is 35.4. The SMILES string of the molecule is CC(=O)OCOC(=O)C(CNC(C)C)C(C)C.CCN(C)CCCCCCN(C)C(C)C.CCOCCOCCNC(C)C. The van der Waals surface area contributed by atoms with Crippen LogP contribution in [0.3, 0.4) is 0 Å². The lowest BCUT2D eigenvalue weighted by molar-refractivity contribution is -0.169. The summed E-state index contributed by atoms with van der Waals surface area (Å²) in [6.07, 6.45) is 5.48. The van der Waals surface area contributed by atoms with Gasteiger partial charge in [-0.25, -0.2) is 0 Å². The molecule has 0 radical (unpaired) electrons. The molecule has 0 rings (SSSR count). The lowest BCUT2D eigenvalue weighted by Crippen LogP contribution is -2.36. The van der Waals surface area contributed by atoms with Crippen LogP contribution in [0.25, 0.3) is 0 Å². The molecule has 0 aliphatic carbocycles. The van der Waals surface area contributed by atoms with E-state index < -0.39 is 5.97 Å². The number of rotatable bonds is 24. The van der Waals surface area contributed by atoms with Gasteiger partial charge in [-0.05, 0) is 73.3 Å². The largest absolute Gasteiger partial charge is 0.428 e. The number of nitrogens with zero attached hydrogens (tertiary/aromatic N) is 2. The van der Waals surface area contributed by atoms with Crippen LogP contribution in [0.2, 0.25) is 0 Å². The molecule has 0 fully saturated rings. The molecule has 0 spiro atoms. The second kappa shape index (κ2) is 33.1. The van der Waals surface area contributed by atoms with E-state index in [9.17, 15) is 9.59 Å². The third-order valence-electron chi connectivity index (χ3n) is 6.91. The molecule has 44 heavy (non-hydrogen) atoms. The Morgan fingerprint density at radius 2 is 1.30 bits per heavy atom. The van der Waals surface area contributed by atoms with Crippen molar-refractivity contribution in [1.29, 1.82) is 0 Å². The van der Waals surface area contributed by atoms with Gasteiger partial charge in [-0.3, -0.25) is 9.59 Å². The Balaban J connectivity index is -0.000000582. The Labute approximate surface area is 272 Å². The van der Waals surface area contributed by atoms with Crippen LogP contribution < -0.4 is 10.6 Å². The van der Waals surface area contributed by atoms with E-state index in [1.165, 1.54) is 52.2 Å². The molecule has 0 bridgehead atoms. The highest BCUT2D eigenvalue weighted by Crippen LogP contribution is 2.12. The first-order valence-corrected chi connectivity index (χ1v) is 17.0. The number of esters is 2. The third-order valence-corrected chi connectivity index (χ3v) is 6.91. The fourth-order valence-electron chi connectivity index (χ4n) is 3.53. The van der Waals surface area contributed by atoms with E-state index in [1.54, 1.807) is 0 Å². The molecule has 0 amide bonds. The van der Waals surface area contributed by atoms with E-state index in [2.05, 4.69) is 73.9 Å². The molecule has 266 valence electrons. The molecular weight excluding hydrogens is 560 g/mol. The summed E-state index contributed by atoms with van der Waals surface area (Å²) in [7, 11) is 4.42. The van der Waals surface area contributed by atoms with E-state index in [0.29, 0.717) is 37.9 Å². The van der Waals surface area contributed by atoms with Gasteiger partial charge in [0.05, 0.1) is 25.7 Å². The monoisotopic (exact) mass is 635 g/mol. The number of nitrogens with one attached hydrogen (secondary N) is 2. The Hall–Kier alpha value is -1.30. The topological polar surface area (TPSA) is 102 Å². The molecule has 0 aliphatic heterocycles. The fraction of sp³-hybridized carbons (Fsp3) is 0.941. The van der Waals surface area contributed by atoms with Gasteiger partial charge in [-0.1, -0.05) is 61.3 Å². The van der Waals surface area contributed by atoms with Gasteiger partial charge in [0.1, 0.15) is 0 Å². The zero-order chi connectivity index (χ0) is 34.3. The summed E-state index contributed by atoms with van der Waals surface area (Å²) in [5, 5.41) is 6.47.